The van der Waals surface area contributed by atoms with E-state index in [0.29, 0.717) is 17.8 Å². The number of rotatable bonds is 3. The van der Waals surface area contributed by atoms with Crippen molar-refractivity contribution < 1.29 is 9.18 Å². The number of hydrogen-bond acceptors (Lipinski definition) is 1. The van der Waals surface area contributed by atoms with Gasteiger partial charge in [-0.25, -0.2) is 4.39 Å². The van der Waals surface area contributed by atoms with Crippen molar-refractivity contribution in [3.8, 4) is 0 Å². The highest BCUT2D eigenvalue weighted by Crippen LogP contribution is 2.22. The number of H-pyrrole nitrogens is 1. The number of anilines is 1. The summed E-state index contributed by atoms with van der Waals surface area (Å²) in [5.41, 5.74) is 2.26. The average molecular weight is 282 g/mol. The van der Waals surface area contributed by atoms with E-state index in [2.05, 4.69) is 4.98 Å². The number of carbonyl (C=O) groups is 1. The largest absolute Gasteiger partial charge is 0.361 e. The first-order chi connectivity index (χ1) is 10.2. The maximum Gasteiger partial charge on any atom is 0.258 e. The van der Waals surface area contributed by atoms with E-state index < -0.39 is 0 Å². The van der Waals surface area contributed by atoms with Gasteiger partial charge in [0.05, 0.1) is 0 Å². The molecule has 4 heteroatoms. The summed E-state index contributed by atoms with van der Waals surface area (Å²) < 4.78 is 13.0. The van der Waals surface area contributed by atoms with E-state index in [0.717, 1.165) is 10.9 Å². The first-order valence-electron chi connectivity index (χ1n) is 6.84. The van der Waals surface area contributed by atoms with Gasteiger partial charge in [0.15, 0.2) is 0 Å². The lowest BCUT2D eigenvalue weighted by atomic mass is 10.1. The van der Waals surface area contributed by atoms with Crippen molar-refractivity contribution in [2.45, 2.75) is 6.92 Å². The second kappa shape index (κ2) is 5.40. The summed E-state index contributed by atoms with van der Waals surface area (Å²) in [7, 11) is 0. The van der Waals surface area contributed by atoms with Crippen LogP contribution < -0.4 is 4.90 Å². The van der Waals surface area contributed by atoms with Crippen molar-refractivity contribution in [3.63, 3.8) is 0 Å². The number of halogens is 1. The Labute approximate surface area is 122 Å². The standard InChI is InChI=1S/C17H15FN2O/c1-2-20(13-8-6-12(18)7-9-13)17(21)15-4-3-5-16-14(15)10-11-19-16/h3-11,19H,2H2,1H3. The molecule has 0 aliphatic carbocycles. The van der Waals surface area contributed by atoms with Gasteiger partial charge in [-0.2, -0.15) is 0 Å². The summed E-state index contributed by atoms with van der Waals surface area (Å²) in [6, 6.07) is 13.4. The molecule has 1 amide bonds. The molecule has 1 N–H and O–H groups in total. The zero-order valence-electron chi connectivity index (χ0n) is 11.6. The van der Waals surface area contributed by atoms with Crippen LogP contribution in [0.5, 0.6) is 0 Å². The van der Waals surface area contributed by atoms with Crippen LogP contribution in [0.4, 0.5) is 10.1 Å². The van der Waals surface area contributed by atoms with Crippen molar-refractivity contribution in [2.24, 2.45) is 0 Å². The van der Waals surface area contributed by atoms with E-state index in [9.17, 15) is 9.18 Å². The van der Waals surface area contributed by atoms with E-state index in [4.69, 9.17) is 0 Å². The fraction of sp³-hybridized carbons (Fsp3) is 0.118. The molecule has 0 spiro atoms. The van der Waals surface area contributed by atoms with Gasteiger partial charge in [0, 0.05) is 34.9 Å². The molecule has 106 valence electrons. The van der Waals surface area contributed by atoms with Gasteiger partial charge >= 0.3 is 0 Å². The highest BCUT2D eigenvalue weighted by molar-refractivity contribution is 6.13. The van der Waals surface area contributed by atoms with E-state index in [1.165, 1.54) is 12.1 Å². The molecule has 1 heterocycles. The number of nitrogens with zero attached hydrogens (tertiary/aromatic N) is 1. The minimum atomic E-state index is -0.310. The van der Waals surface area contributed by atoms with Crippen molar-refractivity contribution in [2.75, 3.05) is 11.4 Å². The van der Waals surface area contributed by atoms with Crippen LogP contribution in [0.3, 0.4) is 0 Å². The summed E-state index contributed by atoms with van der Waals surface area (Å²) >= 11 is 0. The second-order valence-corrected chi connectivity index (χ2v) is 4.77. The van der Waals surface area contributed by atoms with Gasteiger partial charge in [-0.15, -0.1) is 0 Å². The Hall–Kier alpha value is -2.62. The zero-order valence-corrected chi connectivity index (χ0v) is 11.6. The minimum Gasteiger partial charge on any atom is -0.361 e. The third-order valence-corrected chi connectivity index (χ3v) is 3.53. The predicted octanol–water partition coefficient (Wildman–Crippen LogP) is 3.97. The molecule has 3 aromatic rings. The van der Waals surface area contributed by atoms with Crippen LogP contribution in [0.15, 0.2) is 54.7 Å². The number of fused-ring (bicyclic) bond motifs is 1. The van der Waals surface area contributed by atoms with Crippen LogP contribution in [0.25, 0.3) is 10.9 Å². The highest BCUT2D eigenvalue weighted by atomic mass is 19.1. The molecule has 2 aromatic carbocycles. The Bertz CT molecular complexity index is 777. The number of carbonyl (C=O) groups excluding carboxylic acids is 1. The quantitative estimate of drug-likeness (QED) is 0.775. The molecular formula is C17H15FN2O. The Balaban J connectivity index is 2.03. The second-order valence-electron chi connectivity index (χ2n) is 4.77. The molecular weight excluding hydrogens is 267 g/mol. The molecule has 0 atom stereocenters. The van der Waals surface area contributed by atoms with E-state index in [1.807, 2.05) is 37.4 Å². The zero-order chi connectivity index (χ0) is 14.8. The first-order valence-corrected chi connectivity index (χ1v) is 6.84. The molecule has 0 unspecified atom stereocenters. The average Bonchev–Trinajstić information content (AvgIpc) is 2.98. The summed E-state index contributed by atoms with van der Waals surface area (Å²) in [6.07, 6.45) is 1.82. The Kier molecular flexibility index (Phi) is 3.44. The van der Waals surface area contributed by atoms with Crippen molar-refractivity contribution in [1.82, 2.24) is 4.98 Å². The topological polar surface area (TPSA) is 36.1 Å². The molecule has 0 saturated carbocycles. The van der Waals surface area contributed by atoms with Crippen LogP contribution in [-0.2, 0) is 0 Å². The smallest absolute Gasteiger partial charge is 0.258 e. The predicted molar refractivity (Wildman–Crippen MR) is 82.0 cm³/mol. The molecule has 0 aliphatic heterocycles. The van der Waals surface area contributed by atoms with E-state index >= 15 is 0 Å². The lowest BCUT2D eigenvalue weighted by Gasteiger charge is -2.21. The molecule has 3 rings (SSSR count). The number of nitrogens with one attached hydrogen (secondary N) is 1. The normalized spacial score (nSPS) is 10.8. The van der Waals surface area contributed by atoms with Gasteiger partial charge in [-0.1, -0.05) is 6.07 Å². The van der Waals surface area contributed by atoms with Gasteiger partial charge in [0.25, 0.3) is 5.91 Å². The van der Waals surface area contributed by atoms with Gasteiger partial charge < -0.3 is 9.88 Å². The number of amides is 1. The van der Waals surface area contributed by atoms with Crippen molar-refractivity contribution in [3.05, 3.63) is 66.1 Å². The summed E-state index contributed by atoms with van der Waals surface area (Å²) in [5, 5.41) is 0.892. The first kappa shape index (κ1) is 13.4. The van der Waals surface area contributed by atoms with Gasteiger partial charge in [0.2, 0.25) is 0 Å². The highest BCUT2D eigenvalue weighted by Gasteiger charge is 2.18. The third kappa shape index (κ3) is 2.40. The molecule has 0 fully saturated rings. The van der Waals surface area contributed by atoms with Crippen LogP contribution in [0.1, 0.15) is 17.3 Å². The lowest BCUT2D eigenvalue weighted by molar-refractivity contribution is 0.0990. The molecule has 3 nitrogen and oxygen atoms in total. The molecule has 0 bridgehead atoms. The molecule has 21 heavy (non-hydrogen) atoms. The van der Waals surface area contributed by atoms with Crippen molar-refractivity contribution in [1.29, 1.82) is 0 Å². The van der Waals surface area contributed by atoms with Crippen LogP contribution >= 0.6 is 0 Å². The van der Waals surface area contributed by atoms with Gasteiger partial charge in [-0.3, -0.25) is 4.79 Å². The molecule has 0 aliphatic rings. The summed E-state index contributed by atoms with van der Waals surface area (Å²) in [5.74, 6) is -0.399. The Morgan fingerprint density at radius 2 is 1.90 bits per heavy atom. The maximum atomic E-state index is 13.0. The fourth-order valence-corrected chi connectivity index (χ4v) is 2.48. The van der Waals surface area contributed by atoms with Crippen LogP contribution in [0, 0.1) is 5.82 Å². The molecule has 1 aromatic heterocycles. The third-order valence-electron chi connectivity index (χ3n) is 3.53. The van der Waals surface area contributed by atoms with Gasteiger partial charge in [-0.05, 0) is 49.4 Å². The fourth-order valence-electron chi connectivity index (χ4n) is 2.48. The number of aromatic amines is 1. The number of hydrogen-bond donors (Lipinski definition) is 1. The van der Waals surface area contributed by atoms with Crippen LogP contribution in [-0.4, -0.2) is 17.4 Å². The summed E-state index contributed by atoms with van der Waals surface area (Å²) in [6.45, 7) is 2.42. The number of benzene rings is 2. The minimum absolute atomic E-state index is 0.0886. The molecule has 0 radical (unpaired) electrons. The Morgan fingerprint density at radius 3 is 2.62 bits per heavy atom. The Morgan fingerprint density at radius 1 is 1.14 bits per heavy atom. The molecule has 0 saturated heterocycles. The maximum absolute atomic E-state index is 13.0. The summed E-state index contributed by atoms with van der Waals surface area (Å²) in [4.78, 5) is 17.5. The van der Waals surface area contributed by atoms with Crippen LogP contribution in [0.2, 0.25) is 0 Å². The lowest BCUT2D eigenvalue weighted by Crippen LogP contribution is -2.30. The van der Waals surface area contributed by atoms with Gasteiger partial charge in [0.1, 0.15) is 5.82 Å². The van der Waals surface area contributed by atoms with E-state index in [-0.39, 0.29) is 11.7 Å². The number of aromatic nitrogens is 1. The van der Waals surface area contributed by atoms with Crippen molar-refractivity contribution >= 4 is 22.5 Å². The monoisotopic (exact) mass is 282 g/mol. The van der Waals surface area contributed by atoms with E-state index in [1.54, 1.807) is 17.0 Å². The SMILES string of the molecule is CCN(C(=O)c1cccc2[nH]ccc12)c1ccc(F)cc1.